The number of amides is 1. The van der Waals surface area contributed by atoms with Crippen LogP contribution in [0.3, 0.4) is 0 Å². The Hall–Kier alpha value is -2.82. The van der Waals surface area contributed by atoms with Gasteiger partial charge in [0.25, 0.3) is 5.91 Å². The fourth-order valence-corrected chi connectivity index (χ4v) is 3.65. The van der Waals surface area contributed by atoms with E-state index in [0.29, 0.717) is 37.2 Å². The van der Waals surface area contributed by atoms with Gasteiger partial charge in [0.05, 0.1) is 25.2 Å². The van der Waals surface area contributed by atoms with Gasteiger partial charge in [-0.15, -0.1) is 0 Å². The summed E-state index contributed by atoms with van der Waals surface area (Å²) in [7, 11) is 2.97. The van der Waals surface area contributed by atoms with Crippen molar-refractivity contribution in [1.29, 1.82) is 0 Å². The Labute approximate surface area is 153 Å². The summed E-state index contributed by atoms with van der Waals surface area (Å²) in [6.45, 7) is 0.974. The molecule has 1 aliphatic rings. The highest BCUT2D eigenvalue weighted by Crippen LogP contribution is 2.37. The molecule has 1 aliphatic heterocycles. The summed E-state index contributed by atoms with van der Waals surface area (Å²) < 4.78 is 10.4. The fraction of sp³-hybridized carbons (Fsp3) is 0.333. The van der Waals surface area contributed by atoms with Gasteiger partial charge in [-0.25, -0.2) is 0 Å². The molecule has 0 unspecified atom stereocenters. The Balaban J connectivity index is 1.82. The average Bonchev–Trinajstić information content (AvgIpc) is 2.73. The zero-order valence-corrected chi connectivity index (χ0v) is 15.1. The maximum Gasteiger partial charge on any atom is 0.316 e. The molecule has 0 bridgehead atoms. The van der Waals surface area contributed by atoms with Crippen LogP contribution in [0.15, 0.2) is 54.6 Å². The minimum Gasteiger partial charge on any atom is -0.496 e. The number of para-hydroxylation sites is 1. The predicted octanol–water partition coefficient (Wildman–Crippen LogP) is 3.04. The van der Waals surface area contributed by atoms with Crippen molar-refractivity contribution < 1.29 is 19.1 Å². The number of piperidine rings is 1. The first-order valence-electron chi connectivity index (χ1n) is 8.68. The molecule has 0 atom stereocenters. The van der Waals surface area contributed by atoms with Gasteiger partial charge in [-0.3, -0.25) is 9.59 Å². The molecule has 2 aromatic carbocycles. The van der Waals surface area contributed by atoms with Gasteiger partial charge >= 0.3 is 5.97 Å². The number of esters is 1. The number of hydrogen-bond donors (Lipinski definition) is 0. The van der Waals surface area contributed by atoms with Crippen molar-refractivity contribution in [1.82, 2.24) is 4.90 Å². The summed E-state index contributed by atoms with van der Waals surface area (Å²) in [6, 6.07) is 16.9. The number of benzene rings is 2. The van der Waals surface area contributed by atoms with E-state index in [0.717, 1.165) is 5.56 Å². The maximum atomic E-state index is 12.9. The van der Waals surface area contributed by atoms with Gasteiger partial charge in [-0.05, 0) is 30.5 Å². The van der Waals surface area contributed by atoms with Crippen LogP contribution in [0.5, 0.6) is 5.75 Å². The van der Waals surface area contributed by atoms with Crippen LogP contribution in [0.25, 0.3) is 0 Å². The van der Waals surface area contributed by atoms with E-state index in [1.807, 2.05) is 42.5 Å². The van der Waals surface area contributed by atoms with Gasteiger partial charge < -0.3 is 14.4 Å². The fourth-order valence-electron chi connectivity index (χ4n) is 3.65. The monoisotopic (exact) mass is 353 g/mol. The third-order valence-corrected chi connectivity index (χ3v) is 5.14. The van der Waals surface area contributed by atoms with E-state index in [1.165, 1.54) is 7.11 Å². The first-order chi connectivity index (χ1) is 12.6. The van der Waals surface area contributed by atoms with Crippen molar-refractivity contribution in [3.63, 3.8) is 0 Å². The minimum atomic E-state index is -0.701. The van der Waals surface area contributed by atoms with E-state index in [-0.39, 0.29) is 11.9 Å². The number of carbonyl (C=O) groups excluding carboxylic acids is 2. The molecule has 26 heavy (non-hydrogen) atoms. The van der Waals surface area contributed by atoms with E-state index in [4.69, 9.17) is 9.47 Å². The molecule has 0 aromatic heterocycles. The summed E-state index contributed by atoms with van der Waals surface area (Å²) in [5.74, 6) is 0.243. The lowest BCUT2D eigenvalue weighted by Crippen LogP contribution is -2.49. The first-order valence-corrected chi connectivity index (χ1v) is 8.68. The highest BCUT2D eigenvalue weighted by atomic mass is 16.5. The molecule has 1 amide bonds. The summed E-state index contributed by atoms with van der Waals surface area (Å²) in [6.07, 6.45) is 1.06. The Bertz CT molecular complexity index is 780. The predicted molar refractivity (Wildman–Crippen MR) is 98.3 cm³/mol. The standard InChI is InChI=1S/C21H23NO4/c1-25-18-11-7-6-10-17(18)19(23)22-14-12-21(13-15-22,20(24)26-2)16-8-4-3-5-9-16/h3-11H,12-15H2,1-2H3. The Morgan fingerprint density at radius 3 is 2.15 bits per heavy atom. The van der Waals surface area contributed by atoms with Crippen LogP contribution in [0.1, 0.15) is 28.8 Å². The normalized spacial score (nSPS) is 16.0. The Kier molecular flexibility index (Phi) is 5.26. The number of likely N-dealkylation sites (tertiary alicyclic amines) is 1. The van der Waals surface area contributed by atoms with Crippen molar-refractivity contribution in [2.45, 2.75) is 18.3 Å². The molecule has 5 heteroatoms. The third-order valence-electron chi connectivity index (χ3n) is 5.14. The third kappa shape index (κ3) is 3.17. The number of methoxy groups -OCH3 is 2. The van der Waals surface area contributed by atoms with Crippen LogP contribution in [0.4, 0.5) is 0 Å². The van der Waals surface area contributed by atoms with E-state index < -0.39 is 5.41 Å². The summed E-state index contributed by atoms with van der Waals surface area (Å²) in [4.78, 5) is 27.3. The van der Waals surface area contributed by atoms with Gasteiger partial charge in [0.2, 0.25) is 0 Å². The van der Waals surface area contributed by atoms with Gasteiger partial charge in [0, 0.05) is 13.1 Å². The molecule has 3 rings (SSSR count). The molecular weight excluding hydrogens is 330 g/mol. The molecule has 2 aromatic rings. The van der Waals surface area contributed by atoms with Crippen LogP contribution in [-0.4, -0.2) is 44.1 Å². The lowest BCUT2D eigenvalue weighted by molar-refractivity contribution is -0.149. The van der Waals surface area contributed by atoms with Crippen LogP contribution in [0, 0.1) is 0 Å². The first kappa shape index (κ1) is 18.0. The molecule has 0 N–H and O–H groups in total. The van der Waals surface area contributed by atoms with Gasteiger partial charge in [-0.2, -0.15) is 0 Å². The van der Waals surface area contributed by atoms with Gasteiger partial charge in [-0.1, -0.05) is 42.5 Å². The number of rotatable bonds is 4. The zero-order chi connectivity index (χ0) is 18.6. The highest BCUT2D eigenvalue weighted by Gasteiger charge is 2.44. The van der Waals surface area contributed by atoms with Gasteiger partial charge in [0.15, 0.2) is 0 Å². The summed E-state index contributed by atoms with van der Waals surface area (Å²) in [5, 5.41) is 0. The van der Waals surface area contributed by atoms with E-state index in [2.05, 4.69) is 0 Å². The molecule has 0 saturated carbocycles. The van der Waals surface area contributed by atoms with Crippen LogP contribution >= 0.6 is 0 Å². The lowest BCUT2D eigenvalue weighted by atomic mass is 9.72. The van der Waals surface area contributed by atoms with Crippen molar-refractivity contribution in [3.8, 4) is 5.75 Å². The second kappa shape index (κ2) is 7.60. The minimum absolute atomic E-state index is 0.0750. The highest BCUT2D eigenvalue weighted by molar-refractivity contribution is 5.97. The topological polar surface area (TPSA) is 55.8 Å². The lowest BCUT2D eigenvalue weighted by Gasteiger charge is -2.40. The van der Waals surface area contributed by atoms with Crippen LogP contribution in [-0.2, 0) is 14.9 Å². The maximum absolute atomic E-state index is 12.9. The molecule has 1 fully saturated rings. The van der Waals surface area contributed by atoms with Crippen LogP contribution < -0.4 is 4.74 Å². The van der Waals surface area contributed by atoms with Crippen molar-refractivity contribution in [2.24, 2.45) is 0 Å². The van der Waals surface area contributed by atoms with Crippen LogP contribution in [0.2, 0.25) is 0 Å². The number of hydrogen-bond acceptors (Lipinski definition) is 4. The van der Waals surface area contributed by atoms with E-state index in [9.17, 15) is 9.59 Å². The molecule has 0 spiro atoms. The van der Waals surface area contributed by atoms with Crippen molar-refractivity contribution in [3.05, 3.63) is 65.7 Å². The molecule has 136 valence electrons. The molecule has 1 saturated heterocycles. The molecule has 0 aliphatic carbocycles. The Morgan fingerprint density at radius 1 is 0.923 bits per heavy atom. The van der Waals surface area contributed by atoms with Gasteiger partial charge in [0.1, 0.15) is 5.75 Å². The zero-order valence-electron chi connectivity index (χ0n) is 15.1. The average molecular weight is 353 g/mol. The quantitative estimate of drug-likeness (QED) is 0.793. The SMILES string of the molecule is COC(=O)C1(c2ccccc2)CCN(C(=O)c2ccccc2OC)CC1. The second-order valence-corrected chi connectivity index (χ2v) is 6.43. The Morgan fingerprint density at radius 2 is 1.54 bits per heavy atom. The smallest absolute Gasteiger partial charge is 0.316 e. The summed E-state index contributed by atoms with van der Waals surface area (Å²) in [5.41, 5.74) is 0.782. The molecule has 1 heterocycles. The van der Waals surface area contributed by atoms with Crippen molar-refractivity contribution >= 4 is 11.9 Å². The number of nitrogens with zero attached hydrogens (tertiary/aromatic N) is 1. The summed E-state index contributed by atoms with van der Waals surface area (Å²) >= 11 is 0. The number of ether oxygens (including phenoxy) is 2. The van der Waals surface area contributed by atoms with E-state index in [1.54, 1.807) is 24.1 Å². The molecule has 5 nitrogen and oxygen atoms in total. The number of carbonyl (C=O) groups is 2. The van der Waals surface area contributed by atoms with Crippen molar-refractivity contribution in [2.75, 3.05) is 27.3 Å². The molecule has 0 radical (unpaired) electrons. The van der Waals surface area contributed by atoms with E-state index >= 15 is 0 Å². The largest absolute Gasteiger partial charge is 0.496 e. The second-order valence-electron chi connectivity index (χ2n) is 6.43. The molecular formula is C21H23NO4.